The molecular formula is C3H6Na2O6S2. The fraction of sp³-hybridized carbons (Fsp3) is 0.667. The second-order valence-electron chi connectivity index (χ2n) is 1.38. The van der Waals surface area contributed by atoms with Gasteiger partial charge in [-0.05, 0) is 13.8 Å². The van der Waals surface area contributed by atoms with Gasteiger partial charge in [0.25, 0.3) is 0 Å². The Balaban J connectivity index is -0.0000000600. The molecule has 0 rings (SSSR count). The van der Waals surface area contributed by atoms with Gasteiger partial charge in [-0.2, -0.15) is 0 Å². The Morgan fingerprint density at radius 3 is 1.23 bits per heavy atom. The molecule has 0 aromatic heterocycles. The number of ketones is 1. The van der Waals surface area contributed by atoms with Gasteiger partial charge in [-0.1, -0.05) is 0 Å². The number of Topliss-reactive ketones (excluding diaryl/α,β-unsaturated/α-hetero) is 1. The Morgan fingerprint density at radius 1 is 1.08 bits per heavy atom. The van der Waals surface area contributed by atoms with Crippen LogP contribution < -0.4 is 59.1 Å². The maximum Gasteiger partial charge on any atom is 1.00 e. The van der Waals surface area contributed by atoms with E-state index in [1.54, 1.807) is 0 Å². The Labute approximate surface area is 126 Å². The zero-order chi connectivity index (χ0) is 9.44. The van der Waals surface area contributed by atoms with Crippen LogP contribution in [0.1, 0.15) is 13.8 Å². The van der Waals surface area contributed by atoms with Crippen LogP contribution in [-0.2, 0) is 31.1 Å². The minimum Gasteiger partial charge on any atom is -0.749 e. The van der Waals surface area contributed by atoms with Crippen LogP contribution in [0.2, 0.25) is 0 Å². The molecule has 68 valence electrons. The first-order valence-corrected chi connectivity index (χ1v) is 4.20. The third kappa shape index (κ3) is 56.8. The number of rotatable bonds is 2. The molecule has 10 heteroatoms. The molecule has 0 bridgehead atoms. The summed E-state index contributed by atoms with van der Waals surface area (Å²) in [6.07, 6.45) is 0. The predicted octanol–water partition coefficient (Wildman–Crippen LogP) is -6.81. The fourth-order valence-electron chi connectivity index (χ4n) is 0.0454. The van der Waals surface area contributed by atoms with Crippen molar-refractivity contribution in [3.63, 3.8) is 0 Å². The van der Waals surface area contributed by atoms with E-state index in [0.29, 0.717) is 0 Å². The summed E-state index contributed by atoms with van der Waals surface area (Å²) in [6, 6.07) is 0. The summed E-state index contributed by atoms with van der Waals surface area (Å²) in [4.78, 5) is 9.44. The normalized spacial score (nSPS) is 12.0. The molecule has 0 amide bonds. The topological polar surface area (TPSA) is 107 Å². The molecule has 0 atom stereocenters. The van der Waals surface area contributed by atoms with Gasteiger partial charge in [0.05, 0.1) is 22.7 Å². The van der Waals surface area contributed by atoms with Crippen LogP contribution in [-0.4, -0.2) is 23.3 Å². The van der Waals surface area contributed by atoms with Crippen molar-refractivity contribution < 1.29 is 85.1 Å². The van der Waals surface area contributed by atoms with E-state index in [1.807, 2.05) is 0 Å². The molecule has 0 saturated heterocycles. The van der Waals surface area contributed by atoms with Gasteiger partial charge in [-0.15, -0.1) is 0 Å². The smallest absolute Gasteiger partial charge is 0.749 e. The zero-order valence-corrected chi connectivity index (χ0v) is 13.4. The van der Waals surface area contributed by atoms with Crippen LogP contribution in [0.5, 0.6) is 0 Å². The van der Waals surface area contributed by atoms with E-state index in [-0.39, 0.29) is 64.9 Å². The standard InChI is InChI=1S/C3H6O.2Na.H2O5S2/c1-3(2)4;;;1-6(2)5-7(3)4/h1-2H3;;;(H,1,2)(H,3,4)/q;2*+1;/p-2. The van der Waals surface area contributed by atoms with E-state index in [0.717, 1.165) is 0 Å². The van der Waals surface area contributed by atoms with E-state index < -0.39 is 22.7 Å². The zero-order valence-electron chi connectivity index (χ0n) is 7.77. The number of carbonyl (C=O) groups is 1. The quantitative estimate of drug-likeness (QED) is 0.355. The molecule has 0 spiro atoms. The average molecular weight is 248 g/mol. The van der Waals surface area contributed by atoms with Crippen LogP contribution in [0, 0.1) is 0 Å². The van der Waals surface area contributed by atoms with Gasteiger partial charge in [-0.3, -0.25) is 0 Å². The van der Waals surface area contributed by atoms with Gasteiger partial charge < -0.3 is 13.9 Å². The third-order valence-electron chi connectivity index (χ3n) is 0.111. The van der Waals surface area contributed by atoms with Crippen molar-refractivity contribution in [2.45, 2.75) is 13.8 Å². The molecule has 0 heterocycles. The van der Waals surface area contributed by atoms with E-state index in [1.165, 1.54) is 13.8 Å². The van der Waals surface area contributed by atoms with Crippen molar-refractivity contribution in [1.29, 1.82) is 0 Å². The van der Waals surface area contributed by atoms with Crippen molar-refractivity contribution >= 4 is 28.5 Å². The molecule has 0 unspecified atom stereocenters. The number of hydrogen-bond donors (Lipinski definition) is 0. The molecule has 0 aliphatic heterocycles. The molecule has 0 N–H and O–H groups in total. The van der Waals surface area contributed by atoms with E-state index >= 15 is 0 Å². The van der Waals surface area contributed by atoms with Gasteiger partial charge in [-0.25, -0.2) is 12.0 Å². The molecule has 13 heavy (non-hydrogen) atoms. The summed E-state index contributed by atoms with van der Waals surface area (Å²) in [7, 11) is 0. The Kier molecular flexibility index (Phi) is 30.3. The summed E-state index contributed by atoms with van der Waals surface area (Å²) in [5, 5.41) is 0. The summed E-state index contributed by atoms with van der Waals surface area (Å²) in [5.74, 6) is 0.167. The van der Waals surface area contributed by atoms with Gasteiger partial charge in [0.2, 0.25) is 0 Å². The van der Waals surface area contributed by atoms with E-state index in [9.17, 15) is 22.3 Å². The Morgan fingerprint density at radius 2 is 1.23 bits per heavy atom. The second-order valence-corrected chi connectivity index (χ2v) is 2.75. The third-order valence-corrected chi connectivity index (χ3v) is 1.00. The molecule has 0 aromatic rings. The minimum absolute atomic E-state index is 0. The van der Waals surface area contributed by atoms with Crippen molar-refractivity contribution in [3.8, 4) is 0 Å². The number of hydrogen-bond acceptors (Lipinski definition) is 6. The van der Waals surface area contributed by atoms with Crippen LogP contribution in [0.15, 0.2) is 0 Å². The maximum absolute atomic E-state index is 9.44. The summed E-state index contributed by atoms with van der Waals surface area (Å²) in [6.45, 7) is 3.06. The van der Waals surface area contributed by atoms with E-state index in [4.69, 9.17) is 0 Å². The predicted molar refractivity (Wildman–Crippen MR) is 35.3 cm³/mol. The summed E-state index contributed by atoms with van der Waals surface area (Å²) < 4.78 is 39.9. The molecular weight excluding hydrogens is 242 g/mol. The van der Waals surface area contributed by atoms with Gasteiger partial charge in [0.15, 0.2) is 0 Å². The molecule has 6 nitrogen and oxygen atoms in total. The SMILES string of the molecule is CC(C)=O.O=S([O-])OS(=O)[O-].[Na+].[Na+]. The largest absolute Gasteiger partial charge is 1.00 e. The first-order chi connectivity index (χ1) is 4.86. The van der Waals surface area contributed by atoms with Gasteiger partial charge in [0.1, 0.15) is 5.78 Å². The second kappa shape index (κ2) is 16.3. The van der Waals surface area contributed by atoms with Crippen molar-refractivity contribution in [3.05, 3.63) is 0 Å². The van der Waals surface area contributed by atoms with E-state index in [2.05, 4.69) is 3.63 Å². The molecule has 0 aromatic carbocycles. The summed E-state index contributed by atoms with van der Waals surface area (Å²) in [5.41, 5.74) is 0. The average Bonchev–Trinajstić information content (AvgIpc) is 1.56. The molecule has 0 saturated carbocycles. The first kappa shape index (κ1) is 24.2. The van der Waals surface area contributed by atoms with Crippen molar-refractivity contribution in [2.75, 3.05) is 0 Å². The Bertz CT molecular complexity index is 157. The van der Waals surface area contributed by atoms with Gasteiger partial charge >= 0.3 is 59.1 Å². The molecule has 0 aliphatic carbocycles. The number of carbonyl (C=O) groups excluding carboxylic acids is 1. The monoisotopic (exact) mass is 248 g/mol. The van der Waals surface area contributed by atoms with Crippen LogP contribution >= 0.6 is 0 Å². The molecule has 0 radical (unpaired) electrons. The molecule has 0 aliphatic rings. The van der Waals surface area contributed by atoms with Crippen LogP contribution in [0.4, 0.5) is 0 Å². The van der Waals surface area contributed by atoms with Crippen LogP contribution in [0.25, 0.3) is 0 Å². The molecule has 0 fully saturated rings. The minimum atomic E-state index is -2.96. The summed E-state index contributed by atoms with van der Waals surface area (Å²) >= 11 is -5.92. The first-order valence-electron chi connectivity index (χ1n) is 2.20. The van der Waals surface area contributed by atoms with Crippen molar-refractivity contribution in [2.24, 2.45) is 0 Å². The Hall–Kier alpha value is 1.85. The van der Waals surface area contributed by atoms with Crippen molar-refractivity contribution in [1.82, 2.24) is 0 Å². The fourth-order valence-corrected chi connectivity index (χ4v) is 0.408. The van der Waals surface area contributed by atoms with Crippen LogP contribution in [0.3, 0.4) is 0 Å². The van der Waals surface area contributed by atoms with Gasteiger partial charge in [0, 0.05) is 0 Å². The maximum atomic E-state index is 9.44.